The van der Waals surface area contributed by atoms with Crippen LogP contribution in [-0.2, 0) is 0 Å². The first kappa shape index (κ1) is 7.39. The van der Waals surface area contributed by atoms with E-state index >= 15 is 0 Å². The van der Waals surface area contributed by atoms with Crippen molar-refractivity contribution in [2.45, 2.75) is 18.8 Å². The lowest BCUT2D eigenvalue weighted by molar-refractivity contribution is 0.533. The zero-order chi connectivity index (χ0) is 8.84. The topological polar surface area (TPSA) is 26.0 Å². The van der Waals surface area contributed by atoms with Crippen LogP contribution < -0.4 is 0 Å². The molecule has 0 aliphatic heterocycles. The third-order valence-corrected chi connectivity index (χ3v) is 2.62. The highest BCUT2D eigenvalue weighted by Gasteiger charge is 2.29. The fourth-order valence-electron chi connectivity index (χ4n) is 1.44. The molecule has 1 heterocycles. The van der Waals surface area contributed by atoms with E-state index in [2.05, 4.69) is 4.98 Å². The van der Waals surface area contributed by atoms with Gasteiger partial charge in [0.1, 0.15) is 5.52 Å². The van der Waals surface area contributed by atoms with Gasteiger partial charge in [-0.2, -0.15) is 0 Å². The molecule has 1 fully saturated rings. The zero-order valence-electron chi connectivity index (χ0n) is 6.96. The Morgan fingerprint density at radius 3 is 2.92 bits per heavy atom. The van der Waals surface area contributed by atoms with E-state index in [0.29, 0.717) is 10.9 Å². The molecule has 66 valence electrons. The van der Waals surface area contributed by atoms with Crippen molar-refractivity contribution in [1.29, 1.82) is 0 Å². The molecule has 1 aromatic carbocycles. The van der Waals surface area contributed by atoms with E-state index in [0.717, 1.165) is 17.0 Å². The average Bonchev–Trinajstić information content (AvgIpc) is 2.87. The summed E-state index contributed by atoms with van der Waals surface area (Å²) in [7, 11) is 0. The lowest BCUT2D eigenvalue weighted by Gasteiger charge is -1.86. The molecule has 3 rings (SSSR count). The minimum absolute atomic E-state index is 0.545. The molecule has 1 aliphatic rings. The number of nitrogens with zero attached hydrogens (tertiary/aromatic N) is 1. The lowest BCUT2D eigenvalue weighted by Crippen LogP contribution is -1.75. The van der Waals surface area contributed by atoms with E-state index in [4.69, 9.17) is 16.0 Å². The van der Waals surface area contributed by atoms with Crippen molar-refractivity contribution in [3.8, 4) is 0 Å². The summed E-state index contributed by atoms with van der Waals surface area (Å²) < 4.78 is 5.58. The summed E-state index contributed by atoms with van der Waals surface area (Å²) in [4.78, 5) is 4.38. The maximum absolute atomic E-state index is 5.97. The van der Waals surface area contributed by atoms with Gasteiger partial charge in [0.2, 0.25) is 0 Å². The zero-order valence-corrected chi connectivity index (χ0v) is 7.71. The van der Waals surface area contributed by atoms with E-state index in [1.165, 1.54) is 12.8 Å². The second-order valence-corrected chi connectivity index (χ2v) is 3.82. The number of oxazole rings is 1. The Bertz CT molecular complexity index is 459. The molecule has 0 bridgehead atoms. The fraction of sp³-hybridized carbons (Fsp3) is 0.300. The second-order valence-electron chi connectivity index (χ2n) is 3.41. The number of fused-ring (bicyclic) bond motifs is 1. The molecule has 1 aliphatic carbocycles. The monoisotopic (exact) mass is 193 g/mol. The van der Waals surface area contributed by atoms with Crippen LogP contribution in [-0.4, -0.2) is 4.98 Å². The maximum atomic E-state index is 5.97. The molecule has 13 heavy (non-hydrogen) atoms. The number of hydrogen-bond acceptors (Lipinski definition) is 2. The van der Waals surface area contributed by atoms with Gasteiger partial charge in [-0.15, -0.1) is 0 Å². The third kappa shape index (κ3) is 1.13. The van der Waals surface area contributed by atoms with Crippen LogP contribution in [0, 0.1) is 0 Å². The Morgan fingerprint density at radius 2 is 2.23 bits per heavy atom. The van der Waals surface area contributed by atoms with Crippen molar-refractivity contribution in [2.75, 3.05) is 0 Å². The summed E-state index contributed by atoms with van der Waals surface area (Å²) in [6.07, 6.45) is 2.40. The molecule has 0 unspecified atom stereocenters. The smallest absolute Gasteiger partial charge is 0.198 e. The van der Waals surface area contributed by atoms with Crippen LogP contribution in [0.2, 0.25) is 5.02 Å². The quantitative estimate of drug-likeness (QED) is 0.694. The molecule has 1 saturated carbocycles. The van der Waals surface area contributed by atoms with Crippen LogP contribution >= 0.6 is 11.6 Å². The summed E-state index contributed by atoms with van der Waals surface area (Å²) >= 11 is 5.97. The summed E-state index contributed by atoms with van der Waals surface area (Å²) in [6.45, 7) is 0. The standard InChI is InChI=1S/C10H8ClNO/c11-7-2-1-3-8-9(7)12-10(13-8)6-4-5-6/h1-3,6H,4-5H2. The van der Waals surface area contributed by atoms with Gasteiger partial charge in [-0.1, -0.05) is 17.7 Å². The minimum atomic E-state index is 0.545. The van der Waals surface area contributed by atoms with Gasteiger partial charge in [-0.25, -0.2) is 4.98 Å². The van der Waals surface area contributed by atoms with Crippen molar-refractivity contribution < 1.29 is 4.42 Å². The first-order valence-corrected chi connectivity index (χ1v) is 4.77. The molecular formula is C10H8ClNO. The number of aromatic nitrogens is 1. The van der Waals surface area contributed by atoms with Gasteiger partial charge in [-0.05, 0) is 25.0 Å². The van der Waals surface area contributed by atoms with Crippen molar-refractivity contribution in [3.63, 3.8) is 0 Å². The molecule has 2 nitrogen and oxygen atoms in total. The Kier molecular flexibility index (Phi) is 1.41. The van der Waals surface area contributed by atoms with Gasteiger partial charge in [0.15, 0.2) is 11.5 Å². The summed E-state index contributed by atoms with van der Waals surface area (Å²) in [5, 5.41) is 0.674. The third-order valence-electron chi connectivity index (χ3n) is 2.31. The minimum Gasteiger partial charge on any atom is -0.440 e. The molecule has 1 aromatic heterocycles. The van der Waals surface area contributed by atoms with Crippen LogP contribution in [0.25, 0.3) is 11.1 Å². The Balaban J connectivity index is 2.26. The molecular weight excluding hydrogens is 186 g/mol. The number of halogens is 1. The number of benzene rings is 1. The molecule has 0 spiro atoms. The summed E-state index contributed by atoms with van der Waals surface area (Å²) in [5.74, 6) is 1.39. The van der Waals surface area contributed by atoms with Gasteiger partial charge >= 0.3 is 0 Å². The van der Waals surface area contributed by atoms with E-state index in [1.807, 2.05) is 18.2 Å². The summed E-state index contributed by atoms with van der Waals surface area (Å²) in [6, 6.07) is 5.62. The molecule has 0 atom stereocenters. The first-order valence-electron chi connectivity index (χ1n) is 4.39. The van der Waals surface area contributed by atoms with Gasteiger partial charge < -0.3 is 4.42 Å². The Labute approximate surface area is 80.5 Å². The van der Waals surface area contributed by atoms with E-state index in [-0.39, 0.29) is 0 Å². The fourth-order valence-corrected chi connectivity index (χ4v) is 1.65. The molecule has 0 radical (unpaired) electrons. The van der Waals surface area contributed by atoms with Crippen LogP contribution in [0.15, 0.2) is 22.6 Å². The van der Waals surface area contributed by atoms with E-state index < -0.39 is 0 Å². The van der Waals surface area contributed by atoms with Gasteiger partial charge in [0, 0.05) is 5.92 Å². The molecule has 3 heteroatoms. The Hall–Kier alpha value is -1.02. The van der Waals surface area contributed by atoms with Crippen molar-refractivity contribution in [2.24, 2.45) is 0 Å². The predicted octanol–water partition coefficient (Wildman–Crippen LogP) is 3.36. The molecule has 2 aromatic rings. The SMILES string of the molecule is Clc1cccc2oc(C3CC3)nc12. The van der Waals surface area contributed by atoms with Crippen molar-refractivity contribution in [3.05, 3.63) is 29.1 Å². The van der Waals surface area contributed by atoms with Gasteiger partial charge in [-0.3, -0.25) is 0 Å². The highest BCUT2D eigenvalue weighted by atomic mass is 35.5. The van der Waals surface area contributed by atoms with Gasteiger partial charge in [0.25, 0.3) is 0 Å². The van der Waals surface area contributed by atoms with E-state index in [1.54, 1.807) is 0 Å². The molecule has 0 amide bonds. The molecule has 0 saturated heterocycles. The number of para-hydroxylation sites is 1. The lowest BCUT2D eigenvalue weighted by atomic mass is 10.3. The normalized spacial score (nSPS) is 16.7. The van der Waals surface area contributed by atoms with Crippen LogP contribution in [0.1, 0.15) is 24.7 Å². The predicted molar refractivity (Wildman–Crippen MR) is 51.0 cm³/mol. The van der Waals surface area contributed by atoms with Crippen LogP contribution in [0.4, 0.5) is 0 Å². The highest BCUT2D eigenvalue weighted by molar-refractivity contribution is 6.34. The largest absolute Gasteiger partial charge is 0.440 e. The maximum Gasteiger partial charge on any atom is 0.198 e. The second kappa shape index (κ2) is 2.48. The van der Waals surface area contributed by atoms with Crippen LogP contribution in [0.5, 0.6) is 0 Å². The summed E-state index contributed by atoms with van der Waals surface area (Å²) in [5.41, 5.74) is 1.60. The van der Waals surface area contributed by atoms with Gasteiger partial charge in [0.05, 0.1) is 5.02 Å². The number of rotatable bonds is 1. The first-order chi connectivity index (χ1) is 6.34. The molecule has 0 N–H and O–H groups in total. The van der Waals surface area contributed by atoms with E-state index in [9.17, 15) is 0 Å². The highest BCUT2D eigenvalue weighted by Crippen LogP contribution is 2.41. The van der Waals surface area contributed by atoms with Crippen LogP contribution in [0.3, 0.4) is 0 Å². The Morgan fingerprint density at radius 1 is 1.38 bits per heavy atom. The van der Waals surface area contributed by atoms with Crippen molar-refractivity contribution >= 4 is 22.7 Å². The van der Waals surface area contributed by atoms with Crippen molar-refractivity contribution in [1.82, 2.24) is 4.98 Å². The average molecular weight is 194 g/mol. The number of hydrogen-bond donors (Lipinski definition) is 0.